The summed E-state index contributed by atoms with van der Waals surface area (Å²) in [7, 11) is 0. The van der Waals surface area contributed by atoms with Gasteiger partial charge in [0, 0.05) is 18.8 Å². The number of nitro benzene ring substituents is 1. The number of benzene rings is 1. The molecule has 148 valence electrons. The molecule has 10 heteroatoms. The molecule has 0 saturated heterocycles. The van der Waals surface area contributed by atoms with E-state index in [1.165, 1.54) is 11.1 Å². The third-order valence-corrected chi connectivity index (χ3v) is 3.79. The smallest absolute Gasteiger partial charge is 0.315 e. The summed E-state index contributed by atoms with van der Waals surface area (Å²) in [6, 6.07) is 3.16. The Labute approximate surface area is 161 Å². The van der Waals surface area contributed by atoms with E-state index in [1.807, 2.05) is 0 Å². The van der Waals surface area contributed by atoms with Crippen LogP contribution in [0.4, 0.5) is 5.69 Å². The van der Waals surface area contributed by atoms with Gasteiger partial charge in [0.25, 0.3) is 5.91 Å². The highest BCUT2D eigenvalue weighted by molar-refractivity contribution is 6.02. The Kier molecular flexibility index (Phi) is 8.30. The molecule has 1 aromatic rings. The van der Waals surface area contributed by atoms with Crippen molar-refractivity contribution in [2.75, 3.05) is 13.1 Å². The third-order valence-electron chi connectivity index (χ3n) is 3.79. The van der Waals surface area contributed by atoms with E-state index in [0.717, 1.165) is 18.2 Å². The highest BCUT2D eigenvalue weighted by Crippen LogP contribution is 2.36. The standard InChI is InChI=1S/C18H20N4O6/c1-3-14(11-23)20-5-6-21(4-2)18(26)13(10-19)7-12-8-15(22(27)28)17(25)16(24)9-12/h5,7-9,11,14,24-25H,3-4,6H2,1-2H3/b13-7+,20-5?/t14-/m1/s1. The van der Waals surface area contributed by atoms with Crippen LogP contribution < -0.4 is 0 Å². The molecule has 0 aromatic heterocycles. The minimum Gasteiger partial charge on any atom is -0.504 e. The molecular weight excluding hydrogens is 368 g/mol. The number of amides is 1. The fraction of sp³-hybridized carbons (Fsp3) is 0.333. The molecule has 28 heavy (non-hydrogen) atoms. The lowest BCUT2D eigenvalue weighted by molar-refractivity contribution is -0.386. The average Bonchev–Trinajstić information content (AvgIpc) is 2.68. The number of aldehydes is 1. The number of rotatable bonds is 9. The van der Waals surface area contributed by atoms with Crippen molar-refractivity contribution in [3.63, 3.8) is 0 Å². The number of hydrogen-bond donors (Lipinski definition) is 2. The first-order valence-corrected chi connectivity index (χ1v) is 8.37. The molecule has 0 aliphatic carbocycles. The quantitative estimate of drug-likeness (QED) is 0.124. The fourth-order valence-electron chi connectivity index (χ4n) is 2.20. The molecular formula is C18H20N4O6. The molecule has 1 atom stereocenters. The van der Waals surface area contributed by atoms with Gasteiger partial charge < -0.3 is 19.9 Å². The Morgan fingerprint density at radius 1 is 1.43 bits per heavy atom. The summed E-state index contributed by atoms with van der Waals surface area (Å²) < 4.78 is 0. The molecule has 1 amide bonds. The van der Waals surface area contributed by atoms with Crippen LogP contribution in [-0.2, 0) is 9.59 Å². The fourth-order valence-corrected chi connectivity index (χ4v) is 2.20. The van der Waals surface area contributed by atoms with Gasteiger partial charge in [-0.25, -0.2) is 0 Å². The van der Waals surface area contributed by atoms with Crippen LogP contribution >= 0.6 is 0 Å². The minimum absolute atomic E-state index is 0.00335. The molecule has 10 nitrogen and oxygen atoms in total. The van der Waals surface area contributed by atoms with Crippen molar-refractivity contribution < 1.29 is 24.7 Å². The van der Waals surface area contributed by atoms with E-state index in [9.17, 15) is 35.2 Å². The van der Waals surface area contributed by atoms with Crippen molar-refractivity contribution in [1.29, 1.82) is 5.26 Å². The first kappa shape index (κ1) is 22.3. The van der Waals surface area contributed by atoms with Crippen molar-refractivity contribution in [1.82, 2.24) is 4.90 Å². The van der Waals surface area contributed by atoms with Crippen molar-refractivity contribution in [3.8, 4) is 17.6 Å². The van der Waals surface area contributed by atoms with Gasteiger partial charge in [-0.2, -0.15) is 5.26 Å². The second-order valence-electron chi connectivity index (χ2n) is 5.62. The van der Waals surface area contributed by atoms with E-state index in [-0.39, 0.29) is 24.2 Å². The number of nitrogens with zero attached hydrogens (tertiary/aromatic N) is 4. The summed E-state index contributed by atoms with van der Waals surface area (Å²) in [5.41, 5.74) is -1.07. The maximum absolute atomic E-state index is 12.6. The zero-order chi connectivity index (χ0) is 21.3. The van der Waals surface area contributed by atoms with Crippen LogP contribution in [0.2, 0.25) is 0 Å². The molecule has 0 spiro atoms. The highest BCUT2D eigenvalue weighted by Gasteiger charge is 2.20. The van der Waals surface area contributed by atoms with Gasteiger partial charge in [-0.3, -0.25) is 19.9 Å². The molecule has 0 aliphatic heterocycles. The van der Waals surface area contributed by atoms with Crippen LogP contribution in [0.3, 0.4) is 0 Å². The van der Waals surface area contributed by atoms with E-state index < -0.39 is 34.1 Å². The van der Waals surface area contributed by atoms with Crippen LogP contribution in [0.1, 0.15) is 25.8 Å². The normalized spacial score (nSPS) is 12.4. The first-order chi connectivity index (χ1) is 13.3. The summed E-state index contributed by atoms with van der Waals surface area (Å²) in [6.07, 6.45) is 3.71. The van der Waals surface area contributed by atoms with E-state index >= 15 is 0 Å². The summed E-state index contributed by atoms with van der Waals surface area (Å²) in [5, 5.41) is 39.4. The van der Waals surface area contributed by atoms with Crippen LogP contribution in [0.5, 0.6) is 11.5 Å². The summed E-state index contributed by atoms with van der Waals surface area (Å²) in [4.78, 5) is 38.7. The summed E-state index contributed by atoms with van der Waals surface area (Å²) >= 11 is 0. The summed E-state index contributed by atoms with van der Waals surface area (Å²) in [6.45, 7) is 3.80. The molecule has 1 rings (SSSR count). The number of hydrogen-bond acceptors (Lipinski definition) is 8. The number of carbonyl (C=O) groups excluding carboxylic acids is 2. The zero-order valence-corrected chi connectivity index (χ0v) is 15.4. The Morgan fingerprint density at radius 2 is 2.11 bits per heavy atom. The number of likely N-dealkylation sites (N-methyl/N-ethyl adjacent to an activating group) is 1. The number of nitriles is 1. The number of phenols is 2. The van der Waals surface area contributed by atoms with Gasteiger partial charge in [0.2, 0.25) is 5.75 Å². The lowest BCUT2D eigenvalue weighted by atomic mass is 10.1. The molecule has 0 saturated carbocycles. The SMILES string of the molecule is CC[C@H](C=O)N=CCN(CC)C(=O)/C(C#N)=C/c1cc(O)c(O)c([N+](=O)[O-])c1. The Bertz CT molecular complexity index is 856. The van der Waals surface area contributed by atoms with E-state index in [2.05, 4.69) is 4.99 Å². The topological polar surface area (TPSA) is 157 Å². The number of phenolic OH excluding ortho intramolecular Hbond substituents is 2. The van der Waals surface area contributed by atoms with E-state index in [1.54, 1.807) is 19.9 Å². The van der Waals surface area contributed by atoms with Gasteiger partial charge in [-0.15, -0.1) is 0 Å². The Balaban J connectivity index is 3.14. The van der Waals surface area contributed by atoms with Gasteiger partial charge >= 0.3 is 5.69 Å². The van der Waals surface area contributed by atoms with Crippen LogP contribution in [0.25, 0.3) is 6.08 Å². The lowest BCUT2D eigenvalue weighted by Gasteiger charge is -2.18. The van der Waals surface area contributed by atoms with E-state index in [4.69, 9.17) is 0 Å². The predicted molar refractivity (Wildman–Crippen MR) is 101 cm³/mol. The van der Waals surface area contributed by atoms with Gasteiger partial charge in [0.1, 0.15) is 24.0 Å². The number of nitro groups is 1. The molecule has 0 bridgehead atoms. The number of aromatic hydroxyl groups is 2. The van der Waals surface area contributed by atoms with Gasteiger partial charge in [0.05, 0.1) is 11.5 Å². The Hall–Kier alpha value is -3.74. The number of aliphatic imine (C=N–C) groups is 1. The van der Waals surface area contributed by atoms with E-state index in [0.29, 0.717) is 12.7 Å². The second kappa shape index (κ2) is 10.4. The third kappa shape index (κ3) is 5.63. The van der Waals surface area contributed by atoms with Crippen LogP contribution in [-0.4, -0.2) is 57.6 Å². The molecule has 2 N–H and O–H groups in total. The van der Waals surface area contributed by atoms with Crippen molar-refractivity contribution in [2.45, 2.75) is 26.3 Å². The summed E-state index contributed by atoms with van der Waals surface area (Å²) in [5.74, 6) is -2.30. The largest absolute Gasteiger partial charge is 0.504 e. The first-order valence-electron chi connectivity index (χ1n) is 8.37. The zero-order valence-electron chi connectivity index (χ0n) is 15.4. The Morgan fingerprint density at radius 3 is 2.61 bits per heavy atom. The van der Waals surface area contributed by atoms with Crippen molar-refractivity contribution >= 4 is 30.2 Å². The average molecular weight is 388 g/mol. The molecule has 0 fully saturated rings. The molecule has 0 heterocycles. The van der Waals surface area contributed by atoms with Crippen LogP contribution in [0, 0.1) is 21.4 Å². The second-order valence-corrected chi connectivity index (χ2v) is 5.62. The molecule has 0 radical (unpaired) electrons. The molecule has 0 aliphatic rings. The van der Waals surface area contributed by atoms with Gasteiger partial charge in [0.15, 0.2) is 5.75 Å². The predicted octanol–water partition coefficient (Wildman–Crippen LogP) is 1.81. The highest BCUT2D eigenvalue weighted by atomic mass is 16.6. The number of carbonyl (C=O) groups is 2. The lowest BCUT2D eigenvalue weighted by Crippen LogP contribution is -2.33. The maximum Gasteiger partial charge on any atom is 0.315 e. The molecule has 1 aromatic carbocycles. The van der Waals surface area contributed by atoms with Crippen LogP contribution in [0.15, 0.2) is 22.7 Å². The monoisotopic (exact) mass is 388 g/mol. The minimum atomic E-state index is -0.904. The molecule has 0 unspecified atom stereocenters. The van der Waals surface area contributed by atoms with Crippen molar-refractivity contribution in [3.05, 3.63) is 33.4 Å². The van der Waals surface area contributed by atoms with Gasteiger partial charge in [-0.1, -0.05) is 6.92 Å². The van der Waals surface area contributed by atoms with Crippen molar-refractivity contribution in [2.24, 2.45) is 4.99 Å². The van der Waals surface area contributed by atoms with Gasteiger partial charge in [-0.05, 0) is 31.1 Å². The maximum atomic E-state index is 12.6.